The molecule has 0 saturated carbocycles. The molecular formula is C9H16N4. The molecule has 1 fully saturated rings. The molecule has 4 nitrogen and oxygen atoms in total. The van der Waals surface area contributed by atoms with E-state index in [2.05, 4.69) is 22.7 Å². The summed E-state index contributed by atoms with van der Waals surface area (Å²) in [5.41, 5.74) is 3.50. The molecule has 0 aromatic carbocycles. The van der Waals surface area contributed by atoms with Gasteiger partial charge in [0.25, 0.3) is 0 Å². The third-order valence-corrected chi connectivity index (χ3v) is 2.64. The van der Waals surface area contributed by atoms with Gasteiger partial charge in [-0.2, -0.15) is 5.10 Å². The van der Waals surface area contributed by atoms with Gasteiger partial charge in [-0.05, 0) is 13.8 Å². The summed E-state index contributed by atoms with van der Waals surface area (Å²) in [5, 5.41) is 11.1. The van der Waals surface area contributed by atoms with Gasteiger partial charge in [-0.1, -0.05) is 0 Å². The zero-order chi connectivity index (χ0) is 9.42. The van der Waals surface area contributed by atoms with Crippen molar-refractivity contribution in [2.45, 2.75) is 19.9 Å². The van der Waals surface area contributed by atoms with Crippen LogP contribution in [-0.2, 0) is 7.05 Å². The number of aryl methyl sites for hydroxylation is 2. The van der Waals surface area contributed by atoms with E-state index in [4.69, 9.17) is 0 Å². The van der Waals surface area contributed by atoms with Gasteiger partial charge in [-0.15, -0.1) is 0 Å². The predicted molar refractivity (Wildman–Crippen MR) is 53.0 cm³/mol. The van der Waals surface area contributed by atoms with E-state index >= 15 is 0 Å². The lowest BCUT2D eigenvalue weighted by atomic mass is 10.1. The minimum Gasteiger partial charge on any atom is -0.377 e. The molecule has 0 bridgehead atoms. The van der Waals surface area contributed by atoms with E-state index in [1.54, 1.807) is 0 Å². The van der Waals surface area contributed by atoms with E-state index in [-0.39, 0.29) is 0 Å². The third kappa shape index (κ3) is 1.42. The highest BCUT2D eigenvalue weighted by Crippen LogP contribution is 2.19. The number of rotatable bonds is 2. The van der Waals surface area contributed by atoms with Crippen molar-refractivity contribution in [2.24, 2.45) is 7.05 Å². The lowest BCUT2D eigenvalue weighted by molar-refractivity contribution is 0.472. The van der Waals surface area contributed by atoms with Gasteiger partial charge in [0, 0.05) is 20.1 Å². The van der Waals surface area contributed by atoms with Gasteiger partial charge in [0.15, 0.2) is 0 Å². The summed E-state index contributed by atoms with van der Waals surface area (Å²) < 4.78 is 1.92. The largest absolute Gasteiger partial charge is 0.377 e. The standard InChI is InChI=1S/C9H16N4/c1-6-9(7(2)13(3)12-6)11-8-4-10-5-8/h8,10-11H,4-5H2,1-3H3. The van der Waals surface area contributed by atoms with Crippen molar-refractivity contribution < 1.29 is 0 Å². The zero-order valence-electron chi connectivity index (χ0n) is 8.39. The van der Waals surface area contributed by atoms with Crippen molar-refractivity contribution in [3.63, 3.8) is 0 Å². The topological polar surface area (TPSA) is 41.9 Å². The second kappa shape index (κ2) is 3.03. The Bertz CT molecular complexity index is 312. The summed E-state index contributed by atoms with van der Waals surface area (Å²) in [6, 6.07) is 0.585. The minimum absolute atomic E-state index is 0.585. The lowest BCUT2D eigenvalue weighted by Crippen LogP contribution is -2.51. The molecule has 0 aliphatic carbocycles. The van der Waals surface area contributed by atoms with Gasteiger partial charge in [0.05, 0.1) is 23.1 Å². The summed E-state index contributed by atoms with van der Waals surface area (Å²) in [4.78, 5) is 0. The van der Waals surface area contributed by atoms with Crippen LogP contribution in [0, 0.1) is 13.8 Å². The second-order valence-electron chi connectivity index (χ2n) is 3.67. The van der Waals surface area contributed by atoms with Crippen LogP contribution in [0.5, 0.6) is 0 Å². The Morgan fingerprint density at radius 3 is 2.54 bits per heavy atom. The van der Waals surface area contributed by atoms with Crippen LogP contribution in [0.4, 0.5) is 5.69 Å². The number of nitrogens with zero attached hydrogens (tertiary/aromatic N) is 2. The quantitative estimate of drug-likeness (QED) is 0.693. The van der Waals surface area contributed by atoms with Crippen molar-refractivity contribution in [3.8, 4) is 0 Å². The fraction of sp³-hybridized carbons (Fsp3) is 0.667. The summed E-state index contributed by atoms with van der Waals surface area (Å²) in [7, 11) is 1.98. The molecule has 0 unspecified atom stereocenters. The molecule has 0 atom stereocenters. The average molecular weight is 180 g/mol. The lowest BCUT2D eigenvalue weighted by Gasteiger charge is -2.29. The Kier molecular flexibility index (Phi) is 2.00. The first-order chi connectivity index (χ1) is 6.18. The SMILES string of the molecule is Cc1nn(C)c(C)c1NC1CNC1. The Morgan fingerprint density at radius 2 is 2.15 bits per heavy atom. The molecule has 2 heterocycles. The molecular weight excluding hydrogens is 164 g/mol. The summed E-state index contributed by atoms with van der Waals surface area (Å²) >= 11 is 0. The smallest absolute Gasteiger partial charge is 0.0827 e. The number of hydrogen-bond acceptors (Lipinski definition) is 3. The normalized spacial score (nSPS) is 17.2. The Balaban J connectivity index is 2.17. The monoisotopic (exact) mass is 180 g/mol. The molecule has 0 spiro atoms. The highest BCUT2D eigenvalue weighted by Gasteiger charge is 2.19. The number of anilines is 1. The summed E-state index contributed by atoms with van der Waals surface area (Å²) in [5.74, 6) is 0. The van der Waals surface area contributed by atoms with Crippen LogP contribution in [0.2, 0.25) is 0 Å². The molecule has 2 rings (SSSR count). The van der Waals surface area contributed by atoms with Gasteiger partial charge in [-0.3, -0.25) is 4.68 Å². The number of hydrogen-bond donors (Lipinski definition) is 2. The molecule has 72 valence electrons. The van der Waals surface area contributed by atoms with Crippen LogP contribution in [0.15, 0.2) is 0 Å². The van der Waals surface area contributed by atoms with Gasteiger partial charge >= 0.3 is 0 Å². The highest BCUT2D eigenvalue weighted by molar-refractivity contribution is 5.53. The van der Waals surface area contributed by atoms with Crippen molar-refractivity contribution in [1.82, 2.24) is 15.1 Å². The van der Waals surface area contributed by atoms with Crippen molar-refractivity contribution >= 4 is 5.69 Å². The third-order valence-electron chi connectivity index (χ3n) is 2.64. The van der Waals surface area contributed by atoms with Crippen LogP contribution >= 0.6 is 0 Å². The van der Waals surface area contributed by atoms with Crippen LogP contribution in [-0.4, -0.2) is 28.9 Å². The molecule has 1 aliphatic rings. The Hall–Kier alpha value is -1.03. The van der Waals surface area contributed by atoms with Crippen LogP contribution < -0.4 is 10.6 Å². The molecule has 13 heavy (non-hydrogen) atoms. The molecule has 4 heteroatoms. The maximum Gasteiger partial charge on any atom is 0.0827 e. The number of nitrogens with one attached hydrogen (secondary N) is 2. The van der Waals surface area contributed by atoms with E-state index in [9.17, 15) is 0 Å². The van der Waals surface area contributed by atoms with Crippen molar-refractivity contribution in [1.29, 1.82) is 0 Å². The maximum atomic E-state index is 4.36. The molecule has 1 aliphatic heterocycles. The molecule has 2 N–H and O–H groups in total. The highest BCUT2D eigenvalue weighted by atomic mass is 15.3. The van der Waals surface area contributed by atoms with E-state index in [1.165, 1.54) is 11.4 Å². The Labute approximate surface area is 78.3 Å². The average Bonchev–Trinajstić information content (AvgIpc) is 2.21. The van der Waals surface area contributed by atoms with Crippen molar-refractivity contribution in [2.75, 3.05) is 18.4 Å². The van der Waals surface area contributed by atoms with Crippen LogP contribution in [0.1, 0.15) is 11.4 Å². The van der Waals surface area contributed by atoms with E-state index in [0.717, 1.165) is 18.8 Å². The predicted octanol–water partition coefficient (Wildman–Crippen LogP) is 0.421. The van der Waals surface area contributed by atoms with Crippen LogP contribution in [0.25, 0.3) is 0 Å². The van der Waals surface area contributed by atoms with Gasteiger partial charge in [-0.25, -0.2) is 0 Å². The molecule has 0 radical (unpaired) electrons. The molecule has 1 aromatic heterocycles. The number of aromatic nitrogens is 2. The Morgan fingerprint density at radius 1 is 1.46 bits per heavy atom. The minimum atomic E-state index is 0.585. The van der Waals surface area contributed by atoms with E-state index in [1.807, 2.05) is 18.7 Å². The zero-order valence-corrected chi connectivity index (χ0v) is 8.39. The molecule has 1 aromatic rings. The molecule has 1 saturated heterocycles. The fourth-order valence-electron chi connectivity index (χ4n) is 1.58. The molecule has 0 amide bonds. The summed E-state index contributed by atoms with van der Waals surface area (Å²) in [6.45, 7) is 6.26. The fourth-order valence-corrected chi connectivity index (χ4v) is 1.58. The first kappa shape index (κ1) is 8.56. The summed E-state index contributed by atoms with van der Waals surface area (Å²) in [6.07, 6.45) is 0. The van der Waals surface area contributed by atoms with Crippen molar-refractivity contribution in [3.05, 3.63) is 11.4 Å². The van der Waals surface area contributed by atoms with Gasteiger partial charge in [0.2, 0.25) is 0 Å². The maximum absolute atomic E-state index is 4.36. The van der Waals surface area contributed by atoms with Gasteiger partial charge < -0.3 is 10.6 Å². The van der Waals surface area contributed by atoms with E-state index in [0.29, 0.717) is 6.04 Å². The van der Waals surface area contributed by atoms with E-state index < -0.39 is 0 Å². The van der Waals surface area contributed by atoms with Gasteiger partial charge in [0.1, 0.15) is 0 Å². The van der Waals surface area contributed by atoms with Crippen LogP contribution in [0.3, 0.4) is 0 Å². The first-order valence-corrected chi connectivity index (χ1v) is 4.66. The second-order valence-corrected chi connectivity index (χ2v) is 3.67. The first-order valence-electron chi connectivity index (χ1n) is 4.66.